The molecule has 3 heteroatoms. The highest BCUT2D eigenvalue weighted by atomic mass is 15.1. The molecular weight excluding hydrogens is 198 g/mol. The summed E-state index contributed by atoms with van der Waals surface area (Å²) in [5.74, 6) is 0. The number of hydrogen-bond acceptors (Lipinski definition) is 3. The first-order valence-corrected chi connectivity index (χ1v) is 6.40. The van der Waals surface area contributed by atoms with Gasteiger partial charge in [-0.1, -0.05) is 39.0 Å². The van der Waals surface area contributed by atoms with E-state index in [2.05, 4.69) is 22.4 Å². The number of rotatable bonds is 9. The van der Waals surface area contributed by atoms with Gasteiger partial charge in [-0.3, -0.25) is 0 Å². The third-order valence-electron chi connectivity index (χ3n) is 2.64. The van der Waals surface area contributed by atoms with E-state index in [4.69, 9.17) is 0 Å². The van der Waals surface area contributed by atoms with E-state index in [1.165, 1.54) is 38.5 Å². The van der Waals surface area contributed by atoms with Crippen molar-refractivity contribution in [1.29, 1.82) is 0 Å². The van der Waals surface area contributed by atoms with Crippen LogP contribution in [-0.4, -0.2) is 16.7 Å². The lowest BCUT2D eigenvalue weighted by Gasteiger charge is -2.03. The molecule has 0 amide bonds. The maximum atomic E-state index is 4.02. The van der Waals surface area contributed by atoms with Crippen molar-refractivity contribution in [3.05, 3.63) is 24.0 Å². The molecule has 0 spiro atoms. The Balaban J connectivity index is 1.89. The topological polar surface area (TPSA) is 37.8 Å². The molecule has 0 radical (unpaired) electrons. The fraction of sp³-hybridized carbons (Fsp3) is 0.692. The van der Waals surface area contributed by atoms with Crippen LogP contribution < -0.4 is 5.32 Å². The van der Waals surface area contributed by atoms with Crippen LogP contribution in [0.1, 0.15) is 51.1 Å². The van der Waals surface area contributed by atoms with Crippen LogP contribution in [0.25, 0.3) is 0 Å². The number of hydrogen-bond donors (Lipinski definition) is 1. The molecule has 0 bridgehead atoms. The molecule has 90 valence electrons. The fourth-order valence-electron chi connectivity index (χ4n) is 1.67. The summed E-state index contributed by atoms with van der Waals surface area (Å²) in [5, 5.41) is 11.3. The Labute approximate surface area is 98.7 Å². The van der Waals surface area contributed by atoms with E-state index >= 15 is 0 Å². The molecule has 0 unspecified atom stereocenters. The van der Waals surface area contributed by atoms with E-state index in [-0.39, 0.29) is 0 Å². The summed E-state index contributed by atoms with van der Waals surface area (Å²) < 4.78 is 0. The molecule has 3 nitrogen and oxygen atoms in total. The SMILES string of the molecule is CCCCCCCCNCc1cccnn1. The molecule has 16 heavy (non-hydrogen) atoms. The molecule has 0 aliphatic heterocycles. The van der Waals surface area contributed by atoms with Gasteiger partial charge in [0, 0.05) is 12.7 Å². The quantitative estimate of drug-likeness (QED) is 0.651. The first-order chi connectivity index (χ1) is 7.93. The molecule has 0 atom stereocenters. The number of aromatic nitrogens is 2. The summed E-state index contributed by atoms with van der Waals surface area (Å²) in [6.45, 7) is 4.17. The van der Waals surface area contributed by atoms with Crippen LogP contribution in [0.4, 0.5) is 0 Å². The van der Waals surface area contributed by atoms with Gasteiger partial charge in [0.15, 0.2) is 0 Å². The average molecular weight is 221 g/mol. The van der Waals surface area contributed by atoms with E-state index in [9.17, 15) is 0 Å². The molecule has 0 aliphatic carbocycles. The molecule has 1 aromatic heterocycles. The summed E-state index contributed by atoms with van der Waals surface area (Å²) in [6, 6.07) is 3.93. The average Bonchev–Trinajstić information content (AvgIpc) is 2.34. The Morgan fingerprint density at radius 3 is 2.69 bits per heavy atom. The highest BCUT2D eigenvalue weighted by Gasteiger charge is 1.93. The molecule has 0 aliphatic rings. The Bertz CT molecular complexity index is 249. The molecule has 1 heterocycles. The minimum absolute atomic E-state index is 0.836. The summed E-state index contributed by atoms with van der Waals surface area (Å²) in [6.07, 6.45) is 9.79. The largest absolute Gasteiger partial charge is 0.311 e. The standard InChI is InChI=1S/C13H23N3/c1-2-3-4-5-6-7-10-14-12-13-9-8-11-15-16-13/h8-9,11,14H,2-7,10,12H2,1H3. The van der Waals surface area contributed by atoms with Crippen molar-refractivity contribution in [1.82, 2.24) is 15.5 Å². The molecule has 0 fully saturated rings. The van der Waals surface area contributed by atoms with Crippen molar-refractivity contribution >= 4 is 0 Å². The van der Waals surface area contributed by atoms with Gasteiger partial charge < -0.3 is 5.32 Å². The van der Waals surface area contributed by atoms with Gasteiger partial charge >= 0.3 is 0 Å². The summed E-state index contributed by atoms with van der Waals surface area (Å²) >= 11 is 0. The van der Waals surface area contributed by atoms with Crippen LogP contribution in [-0.2, 0) is 6.54 Å². The summed E-state index contributed by atoms with van der Waals surface area (Å²) in [7, 11) is 0. The van der Waals surface area contributed by atoms with Gasteiger partial charge in [-0.05, 0) is 25.1 Å². The van der Waals surface area contributed by atoms with Crippen molar-refractivity contribution in [2.45, 2.75) is 52.0 Å². The third kappa shape index (κ3) is 6.51. The second-order valence-electron chi connectivity index (χ2n) is 4.16. The van der Waals surface area contributed by atoms with Crippen molar-refractivity contribution in [3.63, 3.8) is 0 Å². The second-order valence-corrected chi connectivity index (χ2v) is 4.16. The Hall–Kier alpha value is -0.960. The van der Waals surface area contributed by atoms with Crippen LogP contribution in [0.15, 0.2) is 18.3 Å². The van der Waals surface area contributed by atoms with Crippen LogP contribution in [0.2, 0.25) is 0 Å². The molecule has 1 aromatic rings. The van der Waals surface area contributed by atoms with Gasteiger partial charge in [-0.15, -0.1) is 0 Å². The van der Waals surface area contributed by atoms with Gasteiger partial charge in [0.1, 0.15) is 0 Å². The highest BCUT2D eigenvalue weighted by molar-refractivity contribution is 4.98. The van der Waals surface area contributed by atoms with Crippen LogP contribution >= 0.6 is 0 Å². The molecular formula is C13H23N3. The summed E-state index contributed by atoms with van der Waals surface area (Å²) in [4.78, 5) is 0. The maximum absolute atomic E-state index is 4.02. The summed E-state index contributed by atoms with van der Waals surface area (Å²) in [5.41, 5.74) is 1.02. The second kappa shape index (κ2) is 9.28. The first kappa shape index (κ1) is 13.1. The maximum Gasteiger partial charge on any atom is 0.0768 e. The smallest absolute Gasteiger partial charge is 0.0768 e. The zero-order valence-electron chi connectivity index (χ0n) is 10.3. The minimum Gasteiger partial charge on any atom is -0.311 e. The molecule has 0 saturated carbocycles. The van der Waals surface area contributed by atoms with Crippen molar-refractivity contribution < 1.29 is 0 Å². The van der Waals surface area contributed by atoms with E-state index in [1.807, 2.05) is 12.1 Å². The van der Waals surface area contributed by atoms with Gasteiger partial charge in [0.05, 0.1) is 5.69 Å². The first-order valence-electron chi connectivity index (χ1n) is 6.40. The van der Waals surface area contributed by atoms with Gasteiger partial charge in [0.25, 0.3) is 0 Å². The van der Waals surface area contributed by atoms with E-state index < -0.39 is 0 Å². The lowest BCUT2D eigenvalue weighted by atomic mass is 10.1. The molecule has 1 rings (SSSR count). The van der Waals surface area contributed by atoms with Crippen molar-refractivity contribution in [2.24, 2.45) is 0 Å². The van der Waals surface area contributed by atoms with Gasteiger partial charge in [-0.25, -0.2) is 0 Å². The Morgan fingerprint density at radius 1 is 1.12 bits per heavy atom. The monoisotopic (exact) mass is 221 g/mol. The van der Waals surface area contributed by atoms with Gasteiger partial charge in [0.2, 0.25) is 0 Å². The highest BCUT2D eigenvalue weighted by Crippen LogP contribution is 2.04. The van der Waals surface area contributed by atoms with Crippen LogP contribution in [0.5, 0.6) is 0 Å². The Kier molecular flexibility index (Phi) is 7.60. The predicted molar refractivity (Wildman–Crippen MR) is 67.1 cm³/mol. The third-order valence-corrected chi connectivity index (χ3v) is 2.64. The zero-order chi connectivity index (χ0) is 11.5. The lowest BCUT2D eigenvalue weighted by Crippen LogP contribution is -2.15. The number of nitrogens with zero attached hydrogens (tertiary/aromatic N) is 2. The Morgan fingerprint density at radius 2 is 1.94 bits per heavy atom. The molecule has 0 saturated heterocycles. The van der Waals surface area contributed by atoms with Crippen LogP contribution in [0, 0.1) is 0 Å². The molecule has 0 aromatic carbocycles. The van der Waals surface area contributed by atoms with E-state index in [1.54, 1.807) is 6.20 Å². The van der Waals surface area contributed by atoms with E-state index in [0.717, 1.165) is 18.8 Å². The van der Waals surface area contributed by atoms with Crippen molar-refractivity contribution in [2.75, 3.05) is 6.54 Å². The molecule has 1 N–H and O–H groups in total. The number of unbranched alkanes of at least 4 members (excludes halogenated alkanes) is 5. The van der Waals surface area contributed by atoms with Crippen LogP contribution in [0.3, 0.4) is 0 Å². The van der Waals surface area contributed by atoms with E-state index in [0.29, 0.717) is 0 Å². The fourth-order valence-corrected chi connectivity index (χ4v) is 1.67. The normalized spacial score (nSPS) is 10.6. The number of nitrogens with one attached hydrogen (secondary N) is 1. The van der Waals surface area contributed by atoms with Crippen molar-refractivity contribution in [3.8, 4) is 0 Å². The minimum atomic E-state index is 0.836. The van der Waals surface area contributed by atoms with Gasteiger partial charge in [-0.2, -0.15) is 10.2 Å². The lowest BCUT2D eigenvalue weighted by molar-refractivity contribution is 0.568. The zero-order valence-corrected chi connectivity index (χ0v) is 10.3. The predicted octanol–water partition coefficient (Wildman–Crippen LogP) is 2.93.